The predicted molar refractivity (Wildman–Crippen MR) is 105 cm³/mol. The molecule has 0 saturated carbocycles. The van der Waals surface area contributed by atoms with Gasteiger partial charge in [-0.1, -0.05) is 13.8 Å². The number of aromatic nitrogens is 3. The number of likely N-dealkylation sites (N-methyl/N-ethyl adjacent to an activating group) is 1. The Morgan fingerprint density at radius 2 is 2.19 bits per heavy atom. The van der Waals surface area contributed by atoms with Gasteiger partial charge in [-0.2, -0.15) is 5.10 Å². The maximum absolute atomic E-state index is 12.5. The summed E-state index contributed by atoms with van der Waals surface area (Å²) in [4.78, 5) is 19.0. The Balaban J connectivity index is 1.50. The lowest BCUT2D eigenvalue weighted by Crippen LogP contribution is -2.47. The molecule has 1 spiro atoms. The van der Waals surface area contributed by atoms with Gasteiger partial charge in [-0.15, -0.1) is 0 Å². The molecule has 2 aromatic heterocycles. The lowest BCUT2D eigenvalue weighted by Gasteiger charge is -2.23. The molecule has 0 aromatic carbocycles. The first-order chi connectivity index (χ1) is 13.0. The molecular weight excluding hydrogens is 338 g/mol. The second kappa shape index (κ2) is 7.08. The summed E-state index contributed by atoms with van der Waals surface area (Å²) >= 11 is 0. The first kappa shape index (κ1) is 18.2. The van der Waals surface area contributed by atoms with Gasteiger partial charge in [0.05, 0.1) is 17.9 Å². The Morgan fingerprint density at radius 1 is 1.33 bits per heavy atom. The number of likely N-dealkylation sites (tertiary alicyclic amines) is 1. The number of pyridine rings is 1. The van der Waals surface area contributed by atoms with Crippen LogP contribution in [0.5, 0.6) is 0 Å². The summed E-state index contributed by atoms with van der Waals surface area (Å²) in [7, 11) is 1.89. The molecule has 2 fully saturated rings. The summed E-state index contributed by atoms with van der Waals surface area (Å²) in [6.45, 7) is 6.24. The van der Waals surface area contributed by atoms with Crippen molar-refractivity contribution in [2.24, 2.45) is 5.92 Å². The number of nitrogens with one attached hydrogen (secondary N) is 1. The summed E-state index contributed by atoms with van der Waals surface area (Å²) in [5.41, 5.74) is 2.89. The van der Waals surface area contributed by atoms with E-state index in [0.717, 1.165) is 55.6 Å². The Labute approximate surface area is 161 Å². The molecule has 2 aliphatic heterocycles. The summed E-state index contributed by atoms with van der Waals surface area (Å²) in [6, 6.07) is 4.31. The molecule has 4 rings (SSSR count). The zero-order valence-electron chi connectivity index (χ0n) is 16.5. The van der Waals surface area contributed by atoms with E-state index in [1.165, 1.54) is 0 Å². The number of amides is 1. The first-order valence-corrected chi connectivity index (χ1v) is 9.99. The first-order valence-electron chi connectivity index (χ1n) is 9.99. The number of hydrogen-bond acceptors (Lipinski definition) is 4. The number of carbonyl (C=O) groups excluding carboxylic acids is 1. The van der Waals surface area contributed by atoms with Crippen LogP contribution in [0.2, 0.25) is 0 Å². The van der Waals surface area contributed by atoms with Crippen molar-refractivity contribution in [1.29, 1.82) is 0 Å². The quantitative estimate of drug-likeness (QED) is 0.882. The third-order valence-corrected chi connectivity index (χ3v) is 5.98. The third-order valence-electron chi connectivity index (χ3n) is 5.98. The Bertz CT molecular complexity index is 829. The zero-order chi connectivity index (χ0) is 19.0. The highest BCUT2D eigenvalue weighted by Gasteiger charge is 2.50. The summed E-state index contributed by atoms with van der Waals surface area (Å²) in [5.74, 6) is 0.899. The number of aryl methyl sites for hydroxylation is 1. The molecular formula is C21H29N5O. The van der Waals surface area contributed by atoms with E-state index in [9.17, 15) is 4.79 Å². The molecule has 4 heterocycles. The van der Waals surface area contributed by atoms with Crippen LogP contribution in [-0.4, -0.2) is 44.7 Å². The van der Waals surface area contributed by atoms with Crippen LogP contribution in [0.3, 0.4) is 0 Å². The van der Waals surface area contributed by atoms with Gasteiger partial charge in [-0.05, 0) is 49.3 Å². The molecule has 6 heteroatoms. The molecule has 0 aliphatic carbocycles. The average molecular weight is 367 g/mol. The fourth-order valence-corrected chi connectivity index (χ4v) is 4.23. The highest BCUT2D eigenvalue weighted by Crippen LogP contribution is 2.39. The number of carbonyl (C=O) groups is 1. The maximum Gasteiger partial charge on any atom is 0.242 e. The average Bonchev–Trinajstić information content (AvgIpc) is 3.37. The van der Waals surface area contributed by atoms with Crippen LogP contribution in [0.4, 0.5) is 0 Å². The molecule has 27 heavy (non-hydrogen) atoms. The Hall–Kier alpha value is -2.21. The topological polar surface area (TPSA) is 63.1 Å². The smallest absolute Gasteiger partial charge is 0.242 e. The molecule has 2 saturated heterocycles. The minimum absolute atomic E-state index is 0.136. The Morgan fingerprint density at radius 3 is 2.93 bits per heavy atom. The van der Waals surface area contributed by atoms with Gasteiger partial charge in [0, 0.05) is 38.1 Å². The molecule has 2 atom stereocenters. The molecule has 144 valence electrons. The third kappa shape index (κ3) is 3.50. The fourth-order valence-electron chi connectivity index (χ4n) is 4.23. The maximum atomic E-state index is 12.5. The molecule has 2 aromatic rings. The van der Waals surface area contributed by atoms with E-state index >= 15 is 0 Å². The monoisotopic (exact) mass is 367 g/mol. The van der Waals surface area contributed by atoms with Crippen LogP contribution in [0.25, 0.3) is 11.1 Å². The molecule has 1 N–H and O–H groups in total. The van der Waals surface area contributed by atoms with Crippen LogP contribution in [-0.2, 0) is 11.3 Å². The predicted octanol–water partition coefficient (Wildman–Crippen LogP) is 3.02. The summed E-state index contributed by atoms with van der Waals surface area (Å²) in [6.07, 6.45) is 9.76. The second-order valence-electron chi connectivity index (χ2n) is 8.44. The number of rotatable bonds is 5. The standard InChI is InChI=1S/C21H29N5O/c1-15(2)6-10-26-14-17(13-23-26)16-5-9-22-19(12-16)18-4-7-21(24-18)8-11-25(3)20(21)27/h5,9,12-15,18,24H,4,6-8,10-11H2,1-3H3/t18-,21+/m1/s1. The van der Waals surface area contributed by atoms with Crippen molar-refractivity contribution in [2.45, 2.75) is 57.7 Å². The van der Waals surface area contributed by atoms with Crippen molar-refractivity contribution in [3.63, 3.8) is 0 Å². The molecule has 0 unspecified atom stereocenters. The molecule has 0 bridgehead atoms. The van der Waals surface area contributed by atoms with Crippen LogP contribution in [0.1, 0.15) is 51.3 Å². The minimum atomic E-state index is -0.376. The lowest BCUT2D eigenvalue weighted by atomic mass is 9.96. The second-order valence-corrected chi connectivity index (χ2v) is 8.44. The van der Waals surface area contributed by atoms with Crippen LogP contribution in [0.15, 0.2) is 30.7 Å². The minimum Gasteiger partial charge on any atom is -0.344 e. The van der Waals surface area contributed by atoms with Gasteiger partial charge < -0.3 is 4.90 Å². The van der Waals surface area contributed by atoms with Crippen molar-refractivity contribution in [3.8, 4) is 11.1 Å². The normalized spacial score (nSPS) is 25.3. The zero-order valence-corrected chi connectivity index (χ0v) is 16.5. The van der Waals surface area contributed by atoms with E-state index in [1.54, 1.807) is 0 Å². The molecule has 1 amide bonds. The van der Waals surface area contributed by atoms with E-state index in [1.807, 2.05) is 35.1 Å². The van der Waals surface area contributed by atoms with E-state index < -0.39 is 0 Å². The fraction of sp³-hybridized carbons (Fsp3) is 0.571. The van der Waals surface area contributed by atoms with Crippen LogP contribution in [0, 0.1) is 5.92 Å². The van der Waals surface area contributed by atoms with Gasteiger partial charge in [0.2, 0.25) is 5.91 Å². The highest BCUT2D eigenvalue weighted by molar-refractivity contribution is 5.88. The highest BCUT2D eigenvalue weighted by atomic mass is 16.2. The summed E-state index contributed by atoms with van der Waals surface area (Å²) in [5, 5.41) is 8.10. The molecule has 6 nitrogen and oxygen atoms in total. The van der Waals surface area contributed by atoms with Gasteiger partial charge in [0.25, 0.3) is 0 Å². The van der Waals surface area contributed by atoms with Crippen molar-refractivity contribution >= 4 is 5.91 Å². The summed E-state index contributed by atoms with van der Waals surface area (Å²) < 4.78 is 2.02. The van der Waals surface area contributed by atoms with Crippen molar-refractivity contribution in [1.82, 2.24) is 25.0 Å². The van der Waals surface area contributed by atoms with E-state index in [4.69, 9.17) is 0 Å². The van der Waals surface area contributed by atoms with Crippen molar-refractivity contribution in [3.05, 3.63) is 36.4 Å². The number of nitrogens with zero attached hydrogens (tertiary/aromatic N) is 4. The lowest BCUT2D eigenvalue weighted by molar-refractivity contribution is -0.131. The van der Waals surface area contributed by atoms with Gasteiger partial charge in [0.1, 0.15) is 5.54 Å². The SMILES string of the molecule is CC(C)CCn1cc(-c2ccnc([C@H]3CC[C@@]4(CCN(C)C4=O)N3)c2)cn1. The van der Waals surface area contributed by atoms with E-state index in [-0.39, 0.29) is 17.5 Å². The van der Waals surface area contributed by atoms with E-state index in [0.29, 0.717) is 5.92 Å². The Kier molecular flexibility index (Phi) is 4.76. The van der Waals surface area contributed by atoms with Gasteiger partial charge in [-0.25, -0.2) is 0 Å². The van der Waals surface area contributed by atoms with Gasteiger partial charge in [0.15, 0.2) is 0 Å². The van der Waals surface area contributed by atoms with Crippen LogP contribution >= 0.6 is 0 Å². The van der Waals surface area contributed by atoms with Gasteiger partial charge in [-0.3, -0.25) is 19.8 Å². The van der Waals surface area contributed by atoms with E-state index in [2.05, 4.69) is 41.5 Å². The van der Waals surface area contributed by atoms with Crippen molar-refractivity contribution < 1.29 is 4.79 Å². The largest absolute Gasteiger partial charge is 0.344 e. The number of hydrogen-bond donors (Lipinski definition) is 1. The molecule has 0 radical (unpaired) electrons. The molecule has 2 aliphatic rings. The van der Waals surface area contributed by atoms with Crippen molar-refractivity contribution in [2.75, 3.05) is 13.6 Å². The van der Waals surface area contributed by atoms with Crippen LogP contribution < -0.4 is 5.32 Å². The van der Waals surface area contributed by atoms with Gasteiger partial charge >= 0.3 is 0 Å².